The van der Waals surface area contributed by atoms with Crippen LogP contribution in [0.15, 0.2) is 49.8 Å². The van der Waals surface area contributed by atoms with Gasteiger partial charge in [0.05, 0.1) is 4.47 Å². The minimum absolute atomic E-state index is 0.208. The molecule has 0 aliphatic carbocycles. The summed E-state index contributed by atoms with van der Waals surface area (Å²) in [4.78, 5) is 0. The van der Waals surface area contributed by atoms with Crippen LogP contribution in [0, 0.1) is 12.7 Å². The number of hydrogen-bond acceptors (Lipinski definition) is 0. The van der Waals surface area contributed by atoms with Crippen LogP contribution in [0.25, 0.3) is 0 Å². The van der Waals surface area contributed by atoms with Crippen LogP contribution >= 0.6 is 47.8 Å². The van der Waals surface area contributed by atoms with Crippen LogP contribution in [0.2, 0.25) is 0 Å². The first-order valence-corrected chi connectivity index (χ1v) is 7.73. The molecule has 19 heavy (non-hydrogen) atoms. The fraction of sp³-hybridized carbons (Fsp3) is 0.143. The molecule has 102 valence electrons. The highest BCUT2D eigenvalue weighted by atomic mass is 79.9. The van der Waals surface area contributed by atoms with E-state index in [0.29, 0.717) is 10.0 Å². The Hall–Kier alpha value is -0.260. The molecule has 5 heteroatoms. The molecule has 0 N–H and O–H groups in total. The lowest BCUT2D eigenvalue weighted by Gasteiger charge is -1.97. The molecular weight excluding hydrogens is 446 g/mol. The zero-order chi connectivity index (χ0) is 14.4. The van der Waals surface area contributed by atoms with Crippen LogP contribution in [-0.4, -0.2) is 0 Å². The maximum Gasteiger partial charge on any atom is 0.137 e. The minimum atomic E-state index is -0.423. The van der Waals surface area contributed by atoms with Crippen molar-refractivity contribution < 1.29 is 8.78 Å². The molecule has 0 atom stereocenters. The van der Waals surface area contributed by atoms with Gasteiger partial charge in [-0.2, -0.15) is 0 Å². The van der Waals surface area contributed by atoms with Gasteiger partial charge >= 0.3 is 0 Å². The van der Waals surface area contributed by atoms with Crippen molar-refractivity contribution >= 4 is 47.8 Å². The van der Waals surface area contributed by atoms with Crippen molar-refractivity contribution in [3.05, 3.63) is 66.8 Å². The van der Waals surface area contributed by atoms with Crippen molar-refractivity contribution in [3.63, 3.8) is 0 Å². The monoisotopic (exact) mass is 454 g/mol. The van der Waals surface area contributed by atoms with Crippen molar-refractivity contribution in [2.45, 2.75) is 13.6 Å². The molecule has 0 heterocycles. The fourth-order valence-electron chi connectivity index (χ4n) is 1.23. The van der Waals surface area contributed by atoms with Gasteiger partial charge < -0.3 is 0 Å². The summed E-state index contributed by atoms with van der Waals surface area (Å²) >= 11 is 9.58. The standard InChI is InChI=1S/C7H5Br2F.C7H6BrF/c8-6-2-1-5(4-10)7(9)3-6;1-5-2-3-7(9)6(8)4-5/h1-3H,4H2;2-4H,1H3. The van der Waals surface area contributed by atoms with E-state index in [2.05, 4.69) is 47.8 Å². The van der Waals surface area contributed by atoms with Crippen LogP contribution in [0.1, 0.15) is 11.1 Å². The van der Waals surface area contributed by atoms with Crippen molar-refractivity contribution in [1.29, 1.82) is 0 Å². The predicted octanol–water partition coefficient (Wildman–Crippen LogP) is 6.58. The molecule has 0 radical (unpaired) electrons. The number of alkyl halides is 1. The zero-order valence-corrected chi connectivity index (χ0v) is 14.8. The average molecular weight is 457 g/mol. The molecule has 0 bridgehead atoms. The third kappa shape index (κ3) is 5.71. The van der Waals surface area contributed by atoms with Gasteiger partial charge in [0, 0.05) is 8.95 Å². The summed E-state index contributed by atoms with van der Waals surface area (Å²) in [5, 5.41) is 0. The number of hydrogen-bond donors (Lipinski definition) is 0. The largest absolute Gasteiger partial charge is 0.246 e. The quantitative estimate of drug-likeness (QED) is 0.454. The Bertz CT molecular complexity index is 556. The predicted molar refractivity (Wildman–Crippen MR) is 85.5 cm³/mol. The van der Waals surface area contributed by atoms with E-state index in [4.69, 9.17) is 0 Å². The highest BCUT2D eigenvalue weighted by Gasteiger charge is 1.97. The molecule has 0 saturated carbocycles. The lowest BCUT2D eigenvalue weighted by molar-refractivity contribution is 0.484. The Morgan fingerprint density at radius 2 is 1.63 bits per heavy atom. The van der Waals surface area contributed by atoms with Gasteiger partial charge in [0.25, 0.3) is 0 Å². The van der Waals surface area contributed by atoms with E-state index < -0.39 is 6.67 Å². The molecule has 2 aromatic rings. The van der Waals surface area contributed by atoms with Gasteiger partial charge in [0.15, 0.2) is 0 Å². The van der Waals surface area contributed by atoms with Gasteiger partial charge in [0.2, 0.25) is 0 Å². The molecule has 0 nitrogen and oxygen atoms in total. The van der Waals surface area contributed by atoms with Gasteiger partial charge in [-0.1, -0.05) is 44.0 Å². The lowest BCUT2D eigenvalue weighted by Crippen LogP contribution is -1.79. The number of rotatable bonds is 1. The molecule has 0 spiro atoms. The summed E-state index contributed by atoms with van der Waals surface area (Å²) in [6.07, 6.45) is 0. The molecule has 0 unspecified atom stereocenters. The van der Waals surface area contributed by atoms with E-state index in [1.807, 2.05) is 19.1 Å². The van der Waals surface area contributed by atoms with Crippen molar-refractivity contribution in [2.75, 3.05) is 0 Å². The molecule has 2 rings (SSSR count). The Kier molecular flexibility index (Phi) is 7.18. The Balaban J connectivity index is 0.000000191. The van der Waals surface area contributed by atoms with Crippen molar-refractivity contribution in [3.8, 4) is 0 Å². The fourth-order valence-corrected chi connectivity index (χ4v) is 2.88. The van der Waals surface area contributed by atoms with E-state index in [0.717, 1.165) is 14.5 Å². The Labute approximate surface area is 136 Å². The number of aryl methyl sites for hydroxylation is 1. The van der Waals surface area contributed by atoms with Crippen LogP contribution in [-0.2, 0) is 6.67 Å². The molecule has 0 amide bonds. The first-order chi connectivity index (χ1) is 8.93. The van der Waals surface area contributed by atoms with Gasteiger partial charge in [-0.15, -0.1) is 0 Å². The Morgan fingerprint density at radius 1 is 0.947 bits per heavy atom. The van der Waals surface area contributed by atoms with Gasteiger partial charge in [-0.05, 0) is 58.2 Å². The van der Waals surface area contributed by atoms with Gasteiger partial charge in [-0.3, -0.25) is 0 Å². The summed E-state index contributed by atoms with van der Waals surface area (Å²) in [5.41, 5.74) is 1.74. The summed E-state index contributed by atoms with van der Waals surface area (Å²) in [6, 6.07) is 10.3. The van der Waals surface area contributed by atoms with Gasteiger partial charge in [-0.25, -0.2) is 8.78 Å². The number of halogens is 5. The summed E-state index contributed by atoms with van der Waals surface area (Å²) in [5.74, 6) is -0.208. The summed E-state index contributed by atoms with van der Waals surface area (Å²) in [6.45, 7) is 1.50. The SMILES string of the molecule is Cc1ccc(F)c(Br)c1.FCc1ccc(Br)cc1Br. The lowest BCUT2D eigenvalue weighted by atomic mass is 10.2. The second kappa shape index (κ2) is 8.12. The van der Waals surface area contributed by atoms with E-state index in [1.54, 1.807) is 18.2 Å². The zero-order valence-electron chi connectivity index (χ0n) is 10.1. The molecular formula is C14H11Br3F2. The summed E-state index contributed by atoms with van der Waals surface area (Å²) < 4.78 is 26.8. The third-order valence-electron chi connectivity index (χ3n) is 2.23. The van der Waals surface area contributed by atoms with E-state index in [9.17, 15) is 8.78 Å². The molecule has 0 aliphatic heterocycles. The normalized spacial score (nSPS) is 9.79. The third-order valence-corrected chi connectivity index (χ3v) is 4.07. The molecule has 2 aromatic carbocycles. The van der Waals surface area contributed by atoms with Crippen LogP contribution in [0.5, 0.6) is 0 Å². The first-order valence-electron chi connectivity index (χ1n) is 5.35. The minimum Gasteiger partial charge on any atom is -0.246 e. The topological polar surface area (TPSA) is 0 Å². The molecule has 0 saturated heterocycles. The van der Waals surface area contributed by atoms with Crippen LogP contribution in [0.3, 0.4) is 0 Å². The second-order valence-corrected chi connectivity index (χ2v) is 6.41. The van der Waals surface area contributed by atoms with Crippen molar-refractivity contribution in [1.82, 2.24) is 0 Å². The number of benzene rings is 2. The first kappa shape index (κ1) is 16.8. The summed E-state index contributed by atoms with van der Waals surface area (Å²) in [7, 11) is 0. The van der Waals surface area contributed by atoms with E-state index in [1.165, 1.54) is 6.07 Å². The van der Waals surface area contributed by atoms with Crippen molar-refractivity contribution in [2.24, 2.45) is 0 Å². The highest BCUT2D eigenvalue weighted by Crippen LogP contribution is 2.22. The second-order valence-electron chi connectivity index (χ2n) is 3.79. The van der Waals surface area contributed by atoms with Crippen LogP contribution < -0.4 is 0 Å². The van der Waals surface area contributed by atoms with E-state index in [-0.39, 0.29) is 5.82 Å². The maximum absolute atomic E-state index is 12.5. The molecule has 0 aromatic heterocycles. The average Bonchev–Trinajstić information content (AvgIpc) is 2.35. The van der Waals surface area contributed by atoms with Gasteiger partial charge in [0.1, 0.15) is 12.5 Å². The van der Waals surface area contributed by atoms with Crippen LogP contribution in [0.4, 0.5) is 8.78 Å². The van der Waals surface area contributed by atoms with E-state index >= 15 is 0 Å². The molecule has 0 fully saturated rings. The highest BCUT2D eigenvalue weighted by molar-refractivity contribution is 9.11. The Morgan fingerprint density at radius 3 is 2.11 bits per heavy atom. The maximum atomic E-state index is 12.5. The smallest absolute Gasteiger partial charge is 0.137 e. The molecule has 0 aliphatic rings.